The summed E-state index contributed by atoms with van der Waals surface area (Å²) in [5.41, 5.74) is -0.0711. The maximum Gasteiger partial charge on any atom is 0.281 e. The average Bonchev–Trinajstić information content (AvgIpc) is 2.16. The van der Waals surface area contributed by atoms with E-state index in [-0.39, 0.29) is 22.4 Å². The second-order valence-electron chi connectivity index (χ2n) is 2.45. The SMILES string of the molecule is O=C(CBr)c1c(Br)cccc1[N+](=O)[O-]. The second kappa shape index (κ2) is 4.65. The van der Waals surface area contributed by atoms with Crippen LogP contribution in [0.1, 0.15) is 10.4 Å². The number of ketones is 1. The van der Waals surface area contributed by atoms with E-state index in [4.69, 9.17) is 0 Å². The van der Waals surface area contributed by atoms with E-state index in [1.54, 1.807) is 6.07 Å². The van der Waals surface area contributed by atoms with Gasteiger partial charge in [-0.2, -0.15) is 0 Å². The number of nitrogens with zero attached hydrogens (tertiary/aromatic N) is 1. The number of rotatable bonds is 3. The molecule has 0 aliphatic carbocycles. The zero-order chi connectivity index (χ0) is 10.7. The number of nitro benzene ring substituents is 1. The lowest BCUT2D eigenvalue weighted by molar-refractivity contribution is -0.385. The van der Waals surface area contributed by atoms with Crippen LogP contribution in [0.2, 0.25) is 0 Å². The van der Waals surface area contributed by atoms with Gasteiger partial charge in [0.2, 0.25) is 0 Å². The van der Waals surface area contributed by atoms with Crippen LogP contribution in [0.25, 0.3) is 0 Å². The molecule has 0 spiro atoms. The summed E-state index contributed by atoms with van der Waals surface area (Å²) < 4.78 is 0.441. The van der Waals surface area contributed by atoms with E-state index in [1.165, 1.54) is 12.1 Å². The molecule has 0 saturated heterocycles. The number of carbonyl (C=O) groups excluding carboxylic acids is 1. The van der Waals surface area contributed by atoms with Crippen molar-refractivity contribution < 1.29 is 9.72 Å². The summed E-state index contributed by atoms with van der Waals surface area (Å²) in [4.78, 5) is 21.4. The van der Waals surface area contributed by atoms with Gasteiger partial charge in [-0.3, -0.25) is 14.9 Å². The van der Waals surface area contributed by atoms with Crippen LogP contribution in [0.4, 0.5) is 5.69 Å². The van der Waals surface area contributed by atoms with Crippen molar-refractivity contribution >= 4 is 43.3 Å². The van der Waals surface area contributed by atoms with Gasteiger partial charge in [-0.1, -0.05) is 22.0 Å². The van der Waals surface area contributed by atoms with Crippen LogP contribution < -0.4 is 0 Å². The number of hydrogen-bond donors (Lipinski definition) is 0. The van der Waals surface area contributed by atoms with E-state index < -0.39 is 4.92 Å². The third-order valence-electron chi connectivity index (χ3n) is 1.59. The molecular weight excluding hydrogens is 318 g/mol. The molecule has 0 saturated carbocycles. The first kappa shape index (κ1) is 11.3. The highest BCUT2D eigenvalue weighted by molar-refractivity contribution is 9.10. The Kier molecular flexibility index (Phi) is 3.77. The summed E-state index contributed by atoms with van der Waals surface area (Å²) in [6, 6.07) is 4.43. The van der Waals surface area contributed by atoms with Crippen LogP contribution in [0.15, 0.2) is 22.7 Å². The Morgan fingerprint density at radius 3 is 2.64 bits per heavy atom. The molecule has 0 aromatic heterocycles. The lowest BCUT2D eigenvalue weighted by atomic mass is 10.1. The van der Waals surface area contributed by atoms with Crippen LogP contribution in [0, 0.1) is 10.1 Å². The maximum atomic E-state index is 11.4. The van der Waals surface area contributed by atoms with Crippen molar-refractivity contribution in [3.63, 3.8) is 0 Å². The predicted molar refractivity (Wildman–Crippen MR) is 58.9 cm³/mol. The Bertz CT molecular complexity index is 392. The molecule has 0 heterocycles. The molecule has 0 aliphatic rings. The largest absolute Gasteiger partial charge is 0.293 e. The van der Waals surface area contributed by atoms with E-state index in [2.05, 4.69) is 31.9 Å². The summed E-state index contributed by atoms with van der Waals surface area (Å²) in [6.45, 7) is 0. The van der Waals surface area contributed by atoms with Gasteiger partial charge in [-0.15, -0.1) is 0 Å². The number of nitro groups is 1. The van der Waals surface area contributed by atoms with Gasteiger partial charge < -0.3 is 0 Å². The van der Waals surface area contributed by atoms with Gasteiger partial charge in [-0.05, 0) is 22.0 Å². The van der Waals surface area contributed by atoms with Crippen molar-refractivity contribution in [2.75, 3.05) is 5.33 Å². The second-order valence-corrected chi connectivity index (χ2v) is 3.86. The number of halogens is 2. The molecule has 0 unspecified atom stereocenters. The van der Waals surface area contributed by atoms with Gasteiger partial charge >= 0.3 is 0 Å². The summed E-state index contributed by atoms with van der Waals surface area (Å²) in [5.74, 6) is -0.316. The van der Waals surface area contributed by atoms with Crippen molar-refractivity contribution in [1.29, 1.82) is 0 Å². The van der Waals surface area contributed by atoms with Crippen molar-refractivity contribution in [3.8, 4) is 0 Å². The van der Waals surface area contributed by atoms with Crippen molar-refractivity contribution in [2.24, 2.45) is 0 Å². The molecule has 4 nitrogen and oxygen atoms in total. The van der Waals surface area contributed by atoms with Crippen LogP contribution >= 0.6 is 31.9 Å². The summed E-state index contributed by atoms with van der Waals surface area (Å²) >= 11 is 6.09. The lowest BCUT2D eigenvalue weighted by Crippen LogP contribution is -2.05. The van der Waals surface area contributed by atoms with Gasteiger partial charge in [0.25, 0.3) is 5.69 Å². The topological polar surface area (TPSA) is 60.2 Å². The van der Waals surface area contributed by atoms with Crippen molar-refractivity contribution in [2.45, 2.75) is 0 Å². The van der Waals surface area contributed by atoms with Crippen LogP contribution in [0.5, 0.6) is 0 Å². The minimum absolute atomic E-state index is 0.0659. The highest BCUT2D eigenvalue weighted by atomic mass is 79.9. The number of alkyl halides is 1. The van der Waals surface area contributed by atoms with E-state index in [9.17, 15) is 14.9 Å². The van der Waals surface area contributed by atoms with Gasteiger partial charge in [0, 0.05) is 10.5 Å². The molecule has 0 radical (unpaired) electrons. The van der Waals surface area contributed by atoms with Crippen molar-refractivity contribution in [3.05, 3.63) is 38.3 Å². The zero-order valence-electron chi connectivity index (χ0n) is 6.87. The summed E-state index contributed by atoms with van der Waals surface area (Å²) in [6.07, 6.45) is 0. The van der Waals surface area contributed by atoms with Gasteiger partial charge in [0.05, 0.1) is 10.3 Å². The fourth-order valence-electron chi connectivity index (χ4n) is 1.01. The van der Waals surface area contributed by atoms with E-state index in [0.29, 0.717) is 4.47 Å². The minimum Gasteiger partial charge on any atom is -0.293 e. The van der Waals surface area contributed by atoms with Gasteiger partial charge in [0.15, 0.2) is 5.78 Å². The molecule has 0 aliphatic heterocycles. The minimum atomic E-state index is -0.569. The molecule has 6 heteroatoms. The number of carbonyl (C=O) groups is 1. The third-order valence-corrected chi connectivity index (χ3v) is 2.76. The van der Waals surface area contributed by atoms with Gasteiger partial charge in [0.1, 0.15) is 5.56 Å². The average molecular weight is 323 g/mol. The van der Waals surface area contributed by atoms with Crippen LogP contribution in [-0.4, -0.2) is 16.0 Å². The van der Waals surface area contributed by atoms with Crippen molar-refractivity contribution in [1.82, 2.24) is 0 Å². The summed E-state index contributed by atoms with van der Waals surface area (Å²) in [7, 11) is 0. The first-order valence-electron chi connectivity index (χ1n) is 3.60. The number of Topliss-reactive ketones (excluding diaryl/α,β-unsaturated/α-hetero) is 1. The molecule has 0 fully saturated rings. The molecule has 0 N–H and O–H groups in total. The fourth-order valence-corrected chi connectivity index (χ4v) is 1.86. The fraction of sp³-hybridized carbons (Fsp3) is 0.125. The lowest BCUT2D eigenvalue weighted by Gasteiger charge is -2.01. The Labute approximate surface area is 96.7 Å². The normalized spacial score (nSPS) is 9.86. The third kappa shape index (κ3) is 2.19. The maximum absolute atomic E-state index is 11.4. The molecule has 74 valence electrons. The standard InChI is InChI=1S/C8H5Br2NO3/c9-4-7(12)8-5(10)2-1-3-6(8)11(13)14/h1-3H,4H2. The molecule has 14 heavy (non-hydrogen) atoms. The molecular formula is C8H5Br2NO3. The van der Waals surface area contributed by atoms with Gasteiger partial charge in [-0.25, -0.2) is 0 Å². The Balaban J connectivity index is 3.36. The van der Waals surface area contributed by atoms with Crippen LogP contribution in [-0.2, 0) is 0 Å². The Morgan fingerprint density at radius 1 is 1.50 bits per heavy atom. The monoisotopic (exact) mass is 321 g/mol. The Hall–Kier alpha value is -0.750. The molecule has 0 atom stereocenters. The van der Waals surface area contributed by atoms with E-state index in [0.717, 1.165) is 0 Å². The Morgan fingerprint density at radius 2 is 2.14 bits per heavy atom. The molecule has 1 aromatic carbocycles. The molecule has 1 rings (SSSR count). The molecule has 0 bridgehead atoms. The smallest absolute Gasteiger partial charge is 0.281 e. The van der Waals surface area contributed by atoms with Crippen LogP contribution in [0.3, 0.4) is 0 Å². The predicted octanol–water partition coefficient (Wildman–Crippen LogP) is 2.93. The van der Waals surface area contributed by atoms with E-state index in [1.807, 2.05) is 0 Å². The number of benzene rings is 1. The quantitative estimate of drug-likeness (QED) is 0.372. The highest BCUT2D eigenvalue weighted by Gasteiger charge is 2.21. The first-order valence-corrected chi connectivity index (χ1v) is 5.51. The number of hydrogen-bond acceptors (Lipinski definition) is 3. The first-order chi connectivity index (χ1) is 6.57. The summed E-state index contributed by atoms with van der Waals surface area (Å²) in [5, 5.41) is 10.7. The zero-order valence-corrected chi connectivity index (χ0v) is 10.0. The highest BCUT2D eigenvalue weighted by Crippen LogP contribution is 2.27. The van der Waals surface area contributed by atoms with E-state index >= 15 is 0 Å². The molecule has 0 amide bonds. The molecule has 1 aromatic rings.